The van der Waals surface area contributed by atoms with Gasteiger partial charge < -0.3 is 4.57 Å². The van der Waals surface area contributed by atoms with Crippen LogP contribution in [0.15, 0.2) is 47.6 Å². The third-order valence-electron chi connectivity index (χ3n) is 5.22. The first-order valence-electron chi connectivity index (χ1n) is 10.1. The van der Waals surface area contributed by atoms with Crippen LogP contribution < -0.4 is 9.73 Å². The first-order valence-corrected chi connectivity index (χ1v) is 13.1. The van der Waals surface area contributed by atoms with Crippen LogP contribution in [0.3, 0.4) is 0 Å². The maximum Gasteiger partial charge on any atom is 0.260 e. The molecular weight excluding hydrogens is 519 g/mol. The van der Waals surface area contributed by atoms with Crippen LogP contribution in [0.1, 0.15) is 22.5 Å². The van der Waals surface area contributed by atoms with E-state index in [1.807, 2.05) is 30.5 Å². The number of amides is 1. The number of hydrogen-bond donors (Lipinski definition) is 1. The van der Waals surface area contributed by atoms with Crippen LogP contribution >= 0.6 is 34.8 Å². The summed E-state index contributed by atoms with van der Waals surface area (Å²) in [6, 6.07) is 12.1. The zero-order valence-electron chi connectivity index (χ0n) is 18.9. The normalized spacial score (nSPS) is 11.7. The lowest BCUT2D eigenvalue weighted by molar-refractivity contribution is -0.119. The number of rotatable bonds is 7. The first-order chi connectivity index (χ1) is 15.9. The van der Waals surface area contributed by atoms with Crippen molar-refractivity contribution in [3.63, 3.8) is 0 Å². The lowest BCUT2D eigenvalue weighted by Gasteiger charge is -2.23. The highest BCUT2D eigenvalue weighted by Crippen LogP contribution is 2.29. The molecule has 11 heteroatoms. The zero-order valence-corrected chi connectivity index (χ0v) is 22.0. The molecule has 0 aliphatic heterocycles. The highest BCUT2D eigenvalue weighted by molar-refractivity contribution is 7.92. The summed E-state index contributed by atoms with van der Waals surface area (Å²) in [6.07, 6.45) is 2.53. The van der Waals surface area contributed by atoms with Gasteiger partial charge in [0.1, 0.15) is 6.54 Å². The Balaban J connectivity index is 1.78. The summed E-state index contributed by atoms with van der Waals surface area (Å²) in [5.41, 5.74) is 6.71. The minimum absolute atomic E-state index is 0.333. The molecule has 0 saturated carbocycles. The second-order valence-corrected chi connectivity index (χ2v) is 10.8. The first kappa shape index (κ1) is 26.1. The van der Waals surface area contributed by atoms with Crippen molar-refractivity contribution in [1.82, 2.24) is 9.99 Å². The molecule has 0 radical (unpaired) electrons. The van der Waals surface area contributed by atoms with Gasteiger partial charge in [-0.3, -0.25) is 9.10 Å². The van der Waals surface area contributed by atoms with Crippen LogP contribution in [0, 0.1) is 20.8 Å². The fourth-order valence-corrected chi connectivity index (χ4v) is 4.90. The van der Waals surface area contributed by atoms with Crippen LogP contribution in [-0.2, 0) is 14.8 Å². The van der Waals surface area contributed by atoms with Crippen molar-refractivity contribution in [2.45, 2.75) is 20.8 Å². The Morgan fingerprint density at radius 3 is 2.41 bits per heavy atom. The van der Waals surface area contributed by atoms with Gasteiger partial charge in [-0.05, 0) is 62.7 Å². The monoisotopic (exact) mass is 540 g/mol. The highest BCUT2D eigenvalue weighted by Gasteiger charge is 2.23. The quantitative estimate of drug-likeness (QED) is 0.326. The summed E-state index contributed by atoms with van der Waals surface area (Å²) in [4.78, 5) is 12.5. The number of aryl methyl sites for hydroxylation is 1. The zero-order chi connectivity index (χ0) is 25.2. The van der Waals surface area contributed by atoms with Crippen molar-refractivity contribution >= 4 is 62.6 Å². The molecule has 7 nitrogen and oxygen atoms in total. The van der Waals surface area contributed by atoms with Crippen LogP contribution in [0.25, 0.3) is 5.69 Å². The summed E-state index contributed by atoms with van der Waals surface area (Å²) in [7, 11) is -3.74. The van der Waals surface area contributed by atoms with E-state index in [9.17, 15) is 13.2 Å². The van der Waals surface area contributed by atoms with E-state index in [1.165, 1.54) is 6.21 Å². The van der Waals surface area contributed by atoms with Crippen LogP contribution in [0.5, 0.6) is 0 Å². The molecule has 3 aromatic rings. The molecule has 0 atom stereocenters. The fourth-order valence-electron chi connectivity index (χ4n) is 3.53. The van der Waals surface area contributed by atoms with Crippen molar-refractivity contribution in [3.05, 3.63) is 80.0 Å². The van der Waals surface area contributed by atoms with Crippen molar-refractivity contribution in [1.29, 1.82) is 0 Å². The van der Waals surface area contributed by atoms with Crippen LogP contribution in [0.4, 0.5) is 5.69 Å². The molecule has 1 amide bonds. The van der Waals surface area contributed by atoms with Crippen molar-refractivity contribution < 1.29 is 13.2 Å². The molecule has 0 unspecified atom stereocenters. The Morgan fingerprint density at radius 2 is 1.76 bits per heavy atom. The predicted molar refractivity (Wildman–Crippen MR) is 139 cm³/mol. The van der Waals surface area contributed by atoms with Crippen LogP contribution in [0.2, 0.25) is 15.1 Å². The second-order valence-electron chi connectivity index (χ2n) is 7.71. The largest absolute Gasteiger partial charge is 0.318 e. The van der Waals surface area contributed by atoms with Gasteiger partial charge in [-0.15, -0.1) is 0 Å². The molecule has 3 rings (SSSR count). The Morgan fingerprint density at radius 1 is 1.06 bits per heavy atom. The van der Waals surface area contributed by atoms with E-state index in [0.717, 1.165) is 33.2 Å². The van der Waals surface area contributed by atoms with Gasteiger partial charge in [0.05, 0.1) is 28.2 Å². The summed E-state index contributed by atoms with van der Waals surface area (Å²) in [5, 5.41) is 5.33. The number of nitrogens with one attached hydrogen (secondary N) is 1. The molecular formula is C23H23Cl3N4O3S. The number of halogens is 3. The maximum atomic E-state index is 12.5. The number of sulfonamides is 1. The van der Waals surface area contributed by atoms with E-state index in [0.29, 0.717) is 26.3 Å². The summed E-state index contributed by atoms with van der Waals surface area (Å²) in [6.45, 7) is 5.09. The predicted octanol–water partition coefficient (Wildman–Crippen LogP) is 5.28. The van der Waals surface area contributed by atoms with Crippen LogP contribution in [-0.4, -0.2) is 37.9 Å². The number of carbonyl (C=O) groups is 1. The fraction of sp³-hybridized carbons (Fsp3) is 0.217. The van der Waals surface area contributed by atoms with Crippen molar-refractivity contribution in [2.75, 3.05) is 17.1 Å². The summed E-state index contributed by atoms with van der Waals surface area (Å²) in [5.74, 6) is -0.598. The van der Waals surface area contributed by atoms with E-state index in [4.69, 9.17) is 34.8 Å². The number of carbonyl (C=O) groups excluding carboxylic acids is 1. The van der Waals surface area contributed by atoms with Gasteiger partial charge in [-0.1, -0.05) is 40.9 Å². The topological polar surface area (TPSA) is 83.8 Å². The van der Waals surface area contributed by atoms with Crippen molar-refractivity contribution in [3.8, 4) is 5.69 Å². The van der Waals surface area contributed by atoms with Gasteiger partial charge >= 0.3 is 0 Å². The Hall–Kier alpha value is -2.52. The van der Waals surface area contributed by atoms with E-state index in [1.54, 1.807) is 37.3 Å². The highest BCUT2D eigenvalue weighted by atomic mass is 35.5. The van der Waals surface area contributed by atoms with E-state index < -0.39 is 22.5 Å². The van der Waals surface area contributed by atoms with Gasteiger partial charge in [0.15, 0.2) is 0 Å². The van der Waals surface area contributed by atoms with Crippen molar-refractivity contribution in [2.24, 2.45) is 5.10 Å². The smallest absolute Gasteiger partial charge is 0.260 e. The van der Waals surface area contributed by atoms with Gasteiger partial charge in [-0.2, -0.15) is 5.10 Å². The Labute approximate surface area is 214 Å². The van der Waals surface area contributed by atoms with Gasteiger partial charge in [0, 0.05) is 27.7 Å². The van der Waals surface area contributed by atoms with E-state index in [2.05, 4.69) is 10.5 Å². The molecule has 0 fully saturated rings. The third kappa shape index (κ3) is 5.75. The number of hydrazone groups is 1. The van der Waals surface area contributed by atoms with E-state index >= 15 is 0 Å². The summed E-state index contributed by atoms with van der Waals surface area (Å²) < 4.78 is 27.6. The lowest BCUT2D eigenvalue weighted by atomic mass is 10.2. The Kier molecular flexibility index (Phi) is 7.98. The standard InChI is InChI=1S/C23H23Cl3N4O3S/c1-14-10-17(16(3)30(14)18-8-9-20(25)21(26)11-18)12-27-28-23(31)13-29(34(4,32)33)22-7-5-6-19(24)15(22)2/h5-12H,13H2,1-4H3,(H,28,31)/b27-12-. The number of hydrogen-bond acceptors (Lipinski definition) is 4. The molecule has 0 spiro atoms. The summed E-state index contributed by atoms with van der Waals surface area (Å²) >= 11 is 18.3. The molecule has 0 aliphatic carbocycles. The van der Waals surface area contributed by atoms with Gasteiger partial charge in [0.2, 0.25) is 10.0 Å². The Bertz CT molecular complexity index is 1380. The molecule has 34 heavy (non-hydrogen) atoms. The molecule has 1 aromatic heterocycles. The van der Waals surface area contributed by atoms with Gasteiger partial charge in [-0.25, -0.2) is 13.8 Å². The number of aromatic nitrogens is 1. The molecule has 0 bridgehead atoms. The second kappa shape index (κ2) is 10.4. The lowest BCUT2D eigenvalue weighted by Crippen LogP contribution is -2.39. The number of anilines is 1. The molecule has 1 heterocycles. The average Bonchev–Trinajstić information content (AvgIpc) is 3.03. The molecule has 1 N–H and O–H groups in total. The minimum atomic E-state index is -3.74. The van der Waals surface area contributed by atoms with E-state index in [-0.39, 0.29) is 0 Å². The molecule has 0 saturated heterocycles. The maximum absolute atomic E-state index is 12.5. The molecule has 0 aliphatic rings. The number of benzene rings is 2. The SMILES string of the molecule is Cc1c(Cl)cccc1N(CC(=O)N/N=C\c1cc(C)n(-c2ccc(Cl)c(Cl)c2)c1C)S(C)(=O)=O. The minimum Gasteiger partial charge on any atom is -0.318 e. The van der Waals surface area contributed by atoms with Gasteiger partial charge in [0.25, 0.3) is 5.91 Å². The number of nitrogens with zero attached hydrogens (tertiary/aromatic N) is 3. The third-order valence-corrected chi connectivity index (χ3v) is 7.49. The molecule has 180 valence electrons. The molecule has 2 aromatic carbocycles. The average molecular weight is 542 g/mol.